The second-order valence-corrected chi connectivity index (χ2v) is 12.1. The van der Waals surface area contributed by atoms with Gasteiger partial charge in [0.05, 0.1) is 16.8 Å². The van der Waals surface area contributed by atoms with Crippen molar-refractivity contribution in [3.63, 3.8) is 0 Å². The van der Waals surface area contributed by atoms with E-state index in [0.717, 1.165) is 44.9 Å². The van der Waals surface area contributed by atoms with Crippen LogP contribution in [0.15, 0.2) is 121 Å². The number of fused-ring (bicyclic) bond motifs is 3. The Morgan fingerprint density at radius 3 is 1.24 bits per heavy atom. The smallest absolute Gasteiger partial charge is 0.150 e. The van der Waals surface area contributed by atoms with Crippen LogP contribution >= 0.6 is 0 Å². The number of rotatable bonds is 6. The van der Waals surface area contributed by atoms with Crippen LogP contribution in [0.3, 0.4) is 0 Å². The molecule has 0 atom stereocenters. The summed E-state index contributed by atoms with van der Waals surface area (Å²) >= 11 is 0. The minimum Gasteiger partial charge on any atom is -0.455 e. The largest absolute Gasteiger partial charge is 0.455 e. The number of hydrogen-bond acceptors (Lipinski definition) is 4. The fraction of sp³-hybridized carbons (Fsp3) is 0.122. The molecule has 7 rings (SSSR count). The summed E-state index contributed by atoms with van der Waals surface area (Å²) in [6, 6.07) is 42.3. The third kappa shape index (κ3) is 4.70. The molecule has 1 aliphatic carbocycles. The van der Waals surface area contributed by atoms with E-state index in [2.05, 4.69) is 98.8 Å². The van der Waals surface area contributed by atoms with Gasteiger partial charge < -0.3 is 20.9 Å². The van der Waals surface area contributed by atoms with E-state index in [1.165, 1.54) is 22.3 Å². The molecular formula is C41H36N2O2. The Morgan fingerprint density at radius 1 is 0.444 bits per heavy atom. The topological polar surface area (TPSA) is 70.5 Å². The lowest BCUT2D eigenvalue weighted by Crippen LogP contribution is -2.28. The molecule has 4 N–H and O–H groups in total. The number of nitrogens with two attached hydrogens (primary N) is 2. The maximum Gasteiger partial charge on any atom is 0.150 e. The summed E-state index contributed by atoms with van der Waals surface area (Å²) in [6.45, 7) is 8.24. The molecule has 0 fully saturated rings. The van der Waals surface area contributed by atoms with Gasteiger partial charge in [-0.1, -0.05) is 84.9 Å². The zero-order chi connectivity index (χ0) is 31.3. The first-order chi connectivity index (χ1) is 21.8. The van der Waals surface area contributed by atoms with E-state index in [-0.39, 0.29) is 0 Å². The average molecular weight is 589 g/mol. The zero-order valence-corrected chi connectivity index (χ0v) is 26.0. The first kappa shape index (κ1) is 28.3. The molecule has 4 heteroatoms. The van der Waals surface area contributed by atoms with Crippen molar-refractivity contribution < 1.29 is 9.47 Å². The van der Waals surface area contributed by atoms with Crippen LogP contribution in [0.5, 0.6) is 23.0 Å². The molecule has 0 aromatic heterocycles. The summed E-state index contributed by atoms with van der Waals surface area (Å²) in [5.74, 6) is 2.87. The van der Waals surface area contributed by atoms with E-state index in [0.29, 0.717) is 22.9 Å². The fourth-order valence-electron chi connectivity index (χ4n) is 6.78. The van der Waals surface area contributed by atoms with Gasteiger partial charge in [-0.05, 0) is 120 Å². The van der Waals surface area contributed by atoms with Gasteiger partial charge in [0.2, 0.25) is 0 Å². The van der Waals surface area contributed by atoms with Crippen LogP contribution in [0.2, 0.25) is 0 Å². The lowest BCUT2D eigenvalue weighted by molar-refractivity contribution is 0.480. The summed E-state index contributed by atoms with van der Waals surface area (Å²) < 4.78 is 12.7. The lowest BCUT2D eigenvalue weighted by atomic mass is 9.67. The normalized spacial score (nSPS) is 12.8. The van der Waals surface area contributed by atoms with Crippen LogP contribution in [-0.4, -0.2) is 0 Å². The van der Waals surface area contributed by atoms with E-state index in [9.17, 15) is 0 Å². The van der Waals surface area contributed by atoms with Crippen LogP contribution in [-0.2, 0) is 5.41 Å². The fourth-order valence-corrected chi connectivity index (χ4v) is 6.78. The maximum atomic E-state index is 6.35. The number of anilines is 2. The van der Waals surface area contributed by atoms with Gasteiger partial charge in [0.1, 0.15) is 23.0 Å². The summed E-state index contributed by atoms with van der Waals surface area (Å²) in [6.07, 6.45) is 0. The van der Waals surface area contributed by atoms with Crippen LogP contribution in [0.25, 0.3) is 11.1 Å². The number of hydrogen-bond donors (Lipinski definition) is 2. The lowest BCUT2D eigenvalue weighted by Gasteiger charge is -2.34. The van der Waals surface area contributed by atoms with E-state index < -0.39 is 5.41 Å². The number of ether oxygens (including phenoxy) is 2. The molecule has 222 valence electrons. The highest BCUT2D eigenvalue weighted by molar-refractivity contribution is 5.86. The van der Waals surface area contributed by atoms with E-state index >= 15 is 0 Å². The number of aryl methyl sites for hydroxylation is 4. The molecule has 0 saturated heterocycles. The predicted octanol–water partition coefficient (Wildman–Crippen LogP) is 10.0. The molecule has 6 aromatic rings. The molecule has 0 heterocycles. The van der Waals surface area contributed by atoms with Gasteiger partial charge in [0.25, 0.3) is 0 Å². The van der Waals surface area contributed by atoms with Crippen LogP contribution in [0, 0.1) is 27.7 Å². The molecule has 0 spiro atoms. The van der Waals surface area contributed by atoms with E-state index in [4.69, 9.17) is 20.9 Å². The average Bonchev–Trinajstić information content (AvgIpc) is 3.33. The zero-order valence-electron chi connectivity index (χ0n) is 26.0. The minimum atomic E-state index is -0.550. The highest BCUT2D eigenvalue weighted by Gasteiger charge is 2.46. The van der Waals surface area contributed by atoms with Gasteiger partial charge in [-0.25, -0.2) is 0 Å². The maximum absolute atomic E-state index is 6.35. The molecule has 0 radical (unpaired) electrons. The molecule has 45 heavy (non-hydrogen) atoms. The van der Waals surface area contributed by atoms with Gasteiger partial charge in [-0.15, -0.1) is 0 Å². The Hall–Kier alpha value is -5.48. The summed E-state index contributed by atoms with van der Waals surface area (Å²) in [7, 11) is 0. The van der Waals surface area contributed by atoms with Crippen molar-refractivity contribution in [2.75, 3.05) is 11.5 Å². The second kappa shape index (κ2) is 10.9. The first-order valence-electron chi connectivity index (χ1n) is 15.3. The summed E-state index contributed by atoms with van der Waals surface area (Å²) in [5, 5.41) is 0. The number of benzene rings is 6. The van der Waals surface area contributed by atoms with Crippen LogP contribution in [0.1, 0.15) is 44.5 Å². The molecular weight excluding hydrogens is 552 g/mol. The molecule has 1 aliphatic rings. The number of nitrogen functional groups attached to an aromatic ring is 2. The monoisotopic (exact) mass is 588 g/mol. The van der Waals surface area contributed by atoms with Crippen molar-refractivity contribution in [2.24, 2.45) is 0 Å². The van der Waals surface area contributed by atoms with E-state index in [1.54, 1.807) is 0 Å². The van der Waals surface area contributed by atoms with Crippen molar-refractivity contribution in [3.05, 3.63) is 166 Å². The standard InChI is InChI=1S/C41H36N2O2/c1-25-13-17-39(35(42)21-25)44-37-19-15-29(23-27(37)3)41(33-11-7-5-9-31(33)32-10-6-8-12-34(32)41)30-16-20-38(28(4)24-30)45-40-18-14-26(2)22-36(40)43/h5-24H,42-43H2,1-4H3. The van der Waals surface area contributed by atoms with Gasteiger partial charge in [0.15, 0.2) is 0 Å². The van der Waals surface area contributed by atoms with Gasteiger partial charge >= 0.3 is 0 Å². The third-order valence-electron chi connectivity index (χ3n) is 8.94. The molecule has 0 aliphatic heterocycles. The van der Waals surface area contributed by atoms with Gasteiger partial charge in [-0.2, -0.15) is 0 Å². The van der Waals surface area contributed by atoms with Gasteiger partial charge in [-0.3, -0.25) is 0 Å². The van der Waals surface area contributed by atoms with Crippen molar-refractivity contribution in [1.29, 1.82) is 0 Å². The summed E-state index contributed by atoms with van der Waals surface area (Å²) in [5.41, 5.74) is 24.9. The Bertz CT molecular complexity index is 1940. The Morgan fingerprint density at radius 2 is 0.844 bits per heavy atom. The van der Waals surface area contributed by atoms with Crippen molar-refractivity contribution in [1.82, 2.24) is 0 Å². The molecule has 0 unspecified atom stereocenters. The van der Waals surface area contributed by atoms with E-state index in [1.807, 2.05) is 50.2 Å². The highest BCUT2D eigenvalue weighted by atomic mass is 16.5. The third-order valence-corrected chi connectivity index (χ3v) is 8.94. The Balaban J connectivity index is 1.39. The Labute approximate surface area is 264 Å². The molecule has 0 amide bonds. The first-order valence-corrected chi connectivity index (χ1v) is 15.3. The van der Waals surface area contributed by atoms with Crippen molar-refractivity contribution in [3.8, 4) is 34.1 Å². The molecule has 6 aromatic carbocycles. The minimum absolute atomic E-state index is 0.550. The van der Waals surface area contributed by atoms with Crippen LogP contribution < -0.4 is 20.9 Å². The molecule has 4 nitrogen and oxygen atoms in total. The van der Waals surface area contributed by atoms with Crippen molar-refractivity contribution >= 4 is 11.4 Å². The molecule has 0 bridgehead atoms. The molecule has 0 saturated carbocycles. The van der Waals surface area contributed by atoms with Gasteiger partial charge in [0, 0.05) is 0 Å². The highest BCUT2D eigenvalue weighted by Crippen LogP contribution is 2.56. The summed E-state index contributed by atoms with van der Waals surface area (Å²) in [4.78, 5) is 0. The quantitative estimate of drug-likeness (QED) is 0.190. The Kier molecular flexibility index (Phi) is 6.86. The SMILES string of the molecule is Cc1ccc(Oc2ccc(C3(c4ccc(Oc5ccc(C)cc5N)c(C)c4)c4ccccc4-c4ccccc43)cc2C)c(N)c1. The van der Waals surface area contributed by atoms with Crippen LogP contribution in [0.4, 0.5) is 11.4 Å². The second-order valence-electron chi connectivity index (χ2n) is 12.1. The predicted molar refractivity (Wildman–Crippen MR) is 185 cm³/mol. The van der Waals surface area contributed by atoms with Crippen molar-refractivity contribution in [2.45, 2.75) is 33.1 Å².